The summed E-state index contributed by atoms with van der Waals surface area (Å²) >= 11 is 0. The highest BCUT2D eigenvalue weighted by Crippen LogP contribution is 2.27. The quantitative estimate of drug-likeness (QED) is 0.709. The number of benzene rings is 1. The second kappa shape index (κ2) is 5.80. The van der Waals surface area contributed by atoms with E-state index in [1.807, 2.05) is 6.07 Å². The van der Waals surface area contributed by atoms with Crippen LogP contribution < -0.4 is 4.74 Å². The van der Waals surface area contributed by atoms with E-state index in [4.69, 9.17) is 4.74 Å². The standard InChI is InChI=1S/C14H17FO2/c15-13-7-12(5-2-6-16)8-14(9-13)17-10-11-3-1-4-11/h6-9,11H,1-5,10H2. The van der Waals surface area contributed by atoms with E-state index < -0.39 is 0 Å². The maximum Gasteiger partial charge on any atom is 0.127 e. The van der Waals surface area contributed by atoms with Crippen LogP contribution in [0.4, 0.5) is 4.39 Å². The van der Waals surface area contributed by atoms with Gasteiger partial charge in [0.2, 0.25) is 0 Å². The molecule has 2 nitrogen and oxygen atoms in total. The maximum atomic E-state index is 13.3. The van der Waals surface area contributed by atoms with E-state index in [9.17, 15) is 9.18 Å². The van der Waals surface area contributed by atoms with Crippen LogP contribution >= 0.6 is 0 Å². The lowest BCUT2D eigenvalue weighted by molar-refractivity contribution is -0.107. The van der Waals surface area contributed by atoms with Crippen molar-refractivity contribution >= 4 is 6.29 Å². The topological polar surface area (TPSA) is 26.3 Å². The fourth-order valence-corrected chi connectivity index (χ4v) is 1.95. The Morgan fingerprint density at radius 2 is 2.18 bits per heavy atom. The number of carbonyl (C=O) groups is 1. The predicted molar refractivity (Wildman–Crippen MR) is 63.6 cm³/mol. The normalized spacial score (nSPS) is 15.4. The lowest BCUT2D eigenvalue weighted by Crippen LogP contribution is -2.19. The van der Waals surface area contributed by atoms with E-state index in [1.54, 1.807) is 0 Å². The van der Waals surface area contributed by atoms with Crippen molar-refractivity contribution in [3.63, 3.8) is 0 Å². The largest absolute Gasteiger partial charge is 0.493 e. The zero-order chi connectivity index (χ0) is 12.1. The van der Waals surface area contributed by atoms with Gasteiger partial charge in [0.15, 0.2) is 0 Å². The molecule has 3 heteroatoms. The van der Waals surface area contributed by atoms with Crippen molar-refractivity contribution in [2.75, 3.05) is 6.61 Å². The molecule has 0 saturated heterocycles. The van der Waals surface area contributed by atoms with E-state index in [0.29, 0.717) is 31.1 Å². The van der Waals surface area contributed by atoms with Crippen LogP contribution in [0.15, 0.2) is 18.2 Å². The Kier molecular flexibility index (Phi) is 4.13. The average Bonchev–Trinajstić information content (AvgIpc) is 2.23. The summed E-state index contributed by atoms with van der Waals surface area (Å²) < 4.78 is 18.9. The Bertz CT molecular complexity index is 386. The number of carbonyl (C=O) groups excluding carboxylic acids is 1. The molecule has 0 aliphatic heterocycles. The third-order valence-electron chi connectivity index (χ3n) is 3.19. The van der Waals surface area contributed by atoms with Crippen molar-refractivity contribution in [2.24, 2.45) is 5.92 Å². The summed E-state index contributed by atoms with van der Waals surface area (Å²) in [5.41, 5.74) is 0.820. The first-order valence-electron chi connectivity index (χ1n) is 6.14. The van der Waals surface area contributed by atoms with E-state index in [0.717, 1.165) is 11.8 Å². The Morgan fingerprint density at radius 3 is 2.82 bits per heavy atom. The van der Waals surface area contributed by atoms with Crippen molar-refractivity contribution in [1.29, 1.82) is 0 Å². The van der Waals surface area contributed by atoms with Gasteiger partial charge >= 0.3 is 0 Å². The minimum atomic E-state index is -0.294. The number of rotatable bonds is 6. The van der Waals surface area contributed by atoms with Crippen molar-refractivity contribution in [1.82, 2.24) is 0 Å². The summed E-state index contributed by atoms with van der Waals surface area (Å²) in [5, 5.41) is 0. The van der Waals surface area contributed by atoms with Gasteiger partial charge in [-0.3, -0.25) is 0 Å². The molecule has 0 atom stereocenters. The summed E-state index contributed by atoms with van der Waals surface area (Å²) in [5.74, 6) is 0.923. The zero-order valence-electron chi connectivity index (χ0n) is 9.82. The molecule has 17 heavy (non-hydrogen) atoms. The van der Waals surface area contributed by atoms with Crippen molar-refractivity contribution in [3.05, 3.63) is 29.6 Å². The molecule has 92 valence electrons. The monoisotopic (exact) mass is 236 g/mol. The zero-order valence-corrected chi connectivity index (χ0v) is 9.82. The minimum absolute atomic E-state index is 0.294. The molecule has 0 bridgehead atoms. The summed E-state index contributed by atoms with van der Waals surface area (Å²) in [7, 11) is 0. The van der Waals surface area contributed by atoms with E-state index in [-0.39, 0.29) is 5.82 Å². The lowest BCUT2D eigenvalue weighted by atomic mass is 9.86. The first kappa shape index (κ1) is 12.1. The number of aryl methyl sites for hydroxylation is 1. The molecule has 1 aromatic rings. The molecule has 0 amide bonds. The molecule has 0 radical (unpaired) electrons. The summed E-state index contributed by atoms with van der Waals surface area (Å²) in [6.45, 7) is 0.677. The highest BCUT2D eigenvalue weighted by Gasteiger charge is 2.18. The highest BCUT2D eigenvalue weighted by molar-refractivity contribution is 5.50. The van der Waals surface area contributed by atoms with Crippen LogP contribution in [-0.4, -0.2) is 12.9 Å². The second-order valence-corrected chi connectivity index (χ2v) is 4.61. The van der Waals surface area contributed by atoms with Crippen LogP contribution in [0.1, 0.15) is 31.2 Å². The summed E-state index contributed by atoms with van der Waals surface area (Å²) in [6.07, 6.45) is 5.55. The SMILES string of the molecule is O=CCCc1cc(F)cc(OCC2CCC2)c1. The average molecular weight is 236 g/mol. The molecule has 1 aliphatic carbocycles. The van der Waals surface area contributed by atoms with Gasteiger partial charge in [-0.25, -0.2) is 4.39 Å². The van der Waals surface area contributed by atoms with E-state index in [2.05, 4.69) is 0 Å². The first-order valence-corrected chi connectivity index (χ1v) is 6.14. The number of halogens is 1. The number of hydrogen-bond donors (Lipinski definition) is 0. The maximum absolute atomic E-state index is 13.3. The molecule has 1 aromatic carbocycles. The molecular formula is C14H17FO2. The van der Waals surface area contributed by atoms with Gasteiger partial charge in [-0.15, -0.1) is 0 Å². The predicted octanol–water partition coefficient (Wildman–Crippen LogP) is 3.14. The number of hydrogen-bond acceptors (Lipinski definition) is 2. The van der Waals surface area contributed by atoms with Crippen LogP contribution in [0.5, 0.6) is 5.75 Å². The Balaban J connectivity index is 1.94. The molecule has 1 aliphatic rings. The molecule has 0 heterocycles. The van der Waals surface area contributed by atoms with Crippen LogP contribution in [0.2, 0.25) is 0 Å². The van der Waals surface area contributed by atoms with Gasteiger partial charge in [0.25, 0.3) is 0 Å². The lowest BCUT2D eigenvalue weighted by Gasteiger charge is -2.25. The molecule has 0 spiro atoms. The van der Waals surface area contributed by atoms with Crippen molar-refractivity contribution < 1.29 is 13.9 Å². The minimum Gasteiger partial charge on any atom is -0.493 e. The van der Waals surface area contributed by atoms with Crippen molar-refractivity contribution in [3.8, 4) is 5.75 Å². The number of ether oxygens (including phenoxy) is 1. The molecular weight excluding hydrogens is 219 g/mol. The Morgan fingerprint density at radius 1 is 1.35 bits per heavy atom. The van der Waals surface area contributed by atoms with Gasteiger partial charge in [0, 0.05) is 12.5 Å². The van der Waals surface area contributed by atoms with Crippen LogP contribution in [0.3, 0.4) is 0 Å². The van der Waals surface area contributed by atoms with Gasteiger partial charge in [0.05, 0.1) is 6.61 Å². The third kappa shape index (κ3) is 3.55. The molecule has 1 fully saturated rings. The first-order chi connectivity index (χ1) is 8.28. The van der Waals surface area contributed by atoms with Gasteiger partial charge in [-0.1, -0.05) is 6.42 Å². The number of aldehydes is 1. The summed E-state index contributed by atoms with van der Waals surface area (Å²) in [6, 6.07) is 4.69. The van der Waals surface area contributed by atoms with Gasteiger partial charge in [-0.2, -0.15) is 0 Å². The molecule has 0 unspecified atom stereocenters. The molecule has 0 N–H and O–H groups in total. The van der Waals surface area contributed by atoms with Gasteiger partial charge in [-0.05, 0) is 42.9 Å². The fourth-order valence-electron chi connectivity index (χ4n) is 1.95. The summed E-state index contributed by atoms with van der Waals surface area (Å²) in [4.78, 5) is 10.3. The second-order valence-electron chi connectivity index (χ2n) is 4.61. The fraction of sp³-hybridized carbons (Fsp3) is 0.500. The third-order valence-corrected chi connectivity index (χ3v) is 3.19. The highest BCUT2D eigenvalue weighted by atomic mass is 19.1. The van der Waals surface area contributed by atoms with E-state index >= 15 is 0 Å². The van der Waals surface area contributed by atoms with E-state index in [1.165, 1.54) is 31.4 Å². The Labute approximate surface area is 101 Å². The van der Waals surface area contributed by atoms with Crippen molar-refractivity contribution in [2.45, 2.75) is 32.1 Å². The molecule has 1 saturated carbocycles. The van der Waals surface area contributed by atoms with Gasteiger partial charge in [0.1, 0.15) is 17.9 Å². The van der Waals surface area contributed by atoms with Gasteiger partial charge < -0.3 is 9.53 Å². The Hall–Kier alpha value is -1.38. The molecule has 2 rings (SSSR count). The van der Waals surface area contributed by atoms with Crippen LogP contribution in [-0.2, 0) is 11.2 Å². The van der Waals surface area contributed by atoms with Crippen LogP contribution in [0.25, 0.3) is 0 Å². The smallest absolute Gasteiger partial charge is 0.127 e. The van der Waals surface area contributed by atoms with Crippen LogP contribution in [0, 0.1) is 11.7 Å². The molecule has 0 aromatic heterocycles.